The minimum absolute atomic E-state index is 0.0340. The maximum absolute atomic E-state index is 11.4. The standard InChI is InChI=1S/C14H17NO2/c1-5-10-11(6-2)13(17-4)9-8-12(10)15-14(16)7-3/h5-6,8-9H,1-2,7H2,3-4H3,(H,15,16). The monoisotopic (exact) mass is 231 g/mol. The molecule has 1 rings (SSSR count). The largest absolute Gasteiger partial charge is 0.496 e. The summed E-state index contributed by atoms with van der Waals surface area (Å²) in [5.74, 6) is 0.678. The maximum atomic E-state index is 11.4. The number of hydrogen-bond donors (Lipinski definition) is 1. The Morgan fingerprint density at radius 2 is 2.00 bits per heavy atom. The first-order chi connectivity index (χ1) is 8.17. The molecule has 17 heavy (non-hydrogen) atoms. The van der Waals surface area contributed by atoms with Gasteiger partial charge in [-0.05, 0) is 12.1 Å². The smallest absolute Gasteiger partial charge is 0.224 e. The summed E-state index contributed by atoms with van der Waals surface area (Å²) in [6, 6.07) is 3.60. The summed E-state index contributed by atoms with van der Waals surface area (Å²) < 4.78 is 5.23. The lowest BCUT2D eigenvalue weighted by molar-refractivity contribution is -0.115. The Balaban J connectivity index is 3.28. The second kappa shape index (κ2) is 5.89. The van der Waals surface area contributed by atoms with Crippen LogP contribution in [0.2, 0.25) is 0 Å². The van der Waals surface area contributed by atoms with Gasteiger partial charge in [-0.15, -0.1) is 0 Å². The molecule has 0 aromatic heterocycles. The highest BCUT2D eigenvalue weighted by Gasteiger charge is 2.10. The van der Waals surface area contributed by atoms with Crippen molar-refractivity contribution in [3.63, 3.8) is 0 Å². The molecule has 1 aromatic rings. The molecule has 0 saturated heterocycles. The maximum Gasteiger partial charge on any atom is 0.224 e. The molecule has 0 atom stereocenters. The van der Waals surface area contributed by atoms with Crippen molar-refractivity contribution in [2.24, 2.45) is 0 Å². The van der Waals surface area contributed by atoms with Gasteiger partial charge in [0.25, 0.3) is 0 Å². The molecule has 0 radical (unpaired) electrons. The summed E-state index contributed by atoms with van der Waals surface area (Å²) in [4.78, 5) is 11.4. The lowest BCUT2D eigenvalue weighted by Gasteiger charge is -2.13. The van der Waals surface area contributed by atoms with Crippen molar-refractivity contribution in [1.29, 1.82) is 0 Å². The van der Waals surface area contributed by atoms with Crippen molar-refractivity contribution in [2.75, 3.05) is 12.4 Å². The average Bonchev–Trinajstić information content (AvgIpc) is 2.37. The predicted molar refractivity (Wildman–Crippen MR) is 72.1 cm³/mol. The van der Waals surface area contributed by atoms with Crippen LogP contribution < -0.4 is 10.1 Å². The zero-order valence-corrected chi connectivity index (χ0v) is 10.2. The van der Waals surface area contributed by atoms with Crippen LogP contribution in [0.1, 0.15) is 24.5 Å². The molecule has 0 spiro atoms. The van der Waals surface area contributed by atoms with Crippen LogP contribution in [-0.4, -0.2) is 13.0 Å². The first kappa shape index (κ1) is 13.0. The van der Waals surface area contributed by atoms with E-state index in [1.165, 1.54) is 0 Å². The number of ether oxygens (including phenoxy) is 1. The molecule has 0 heterocycles. The Morgan fingerprint density at radius 3 is 2.47 bits per heavy atom. The van der Waals surface area contributed by atoms with Crippen molar-refractivity contribution in [2.45, 2.75) is 13.3 Å². The van der Waals surface area contributed by atoms with E-state index in [2.05, 4.69) is 18.5 Å². The van der Waals surface area contributed by atoms with E-state index < -0.39 is 0 Å². The van der Waals surface area contributed by atoms with Crippen molar-refractivity contribution < 1.29 is 9.53 Å². The summed E-state index contributed by atoms with van der Waals surface area (Å²) in [5, 5.41) is 2.82. The molecule has 1 N–H and O–H groups in total. The Hall–Kier alpha value is -2.03. The van der Waals surface area contributed by atoms with Gasteiger partial charge in [-0.3, -0.25) is 4.79 Å². The zero-order valence-electron chi connectivity index (χ0n) is 10.2. The molecule has 3 nitrogen and oxygen atoms in total. The molecular formula is C14H17NO2. The van der Waals surface area contributed by atoms with E-state index in [0.717, 1.165) is 16.8 Å². The number of carbonyl (C=O) groups is 1. The second-order valence-electron chi connectivity index (χ2n) is 3.45. The van der Waals surface area contributed by atoms with Gasteiger partial charge >= 0.3 is 0 Å². The van der Waals surface area contributed by atoms with Crippen LogP contribution in [0.3, 0.4) is 0 Å². The topological polar surface area (TPSA) is 38.3 Å². The van der Waals surface area contributed by atoms with Gasteiger partial charge in [-0.1, -0.05) is 32.2 Å². The van der Waals surface area contributed by atoms with Crippen LogP contribution in [-0.2, 0) is 4.79 Å². The van der Waals surface area contributed by atoms with E-state index in [1.807, 2.05) is 0 Å². The lowest BCUT2D eigenvalue weighted by Crippen LogP contribution is -2.11. The number of methoxy groups -OCH3 is 1. The Kier molecular flexibility index (Phi) is 4.52. The van der Waals surface area contributed by atoms with E-state index in [0.29, 0.717) is 12.2 Å². The predicted octanol–water partition coefficient (Wildman–Crippen LogP) is 3.33. The van der Waals surface area contributed by atoms with Gasteiger partial charge in [0.2, 0.25) is 5.91 Å². The van der Waals surface area contributed by atoms with Crippen LogP contribution >= 0.6 is 0 Å². The Bertz CT molecular complexity index is 450. The molecule has 0 aliphatic rings. The van der Waals surface area contributed by atoms with E-state index in [9.17, 15) is 4.79 Å². The number of amides is 1. The van der Waals surface area contributed by atoms with Crippen LogP contribution in [0.15, 0.2) is 25.3 Å². The van der Waals surface area contributed by atoms with Gasteiger partial charge in [0.15, 0.2) is 0 Å². The van der Waals surface area contributed by atoms with Gasteiger partial charge in [0, 0.05) is 23.2 Å². The average molecular weight is 231 g/mol. The van der Waals surface area contributed by atoms with Crippen molar-refractivity contribution in [1.82, 2.24) is 0 Å². The molecule has 0 bridgehead atoms. The minimum Gasteiger partial charge on any atom is -0.496 e. The number of rotatable bonds is 5. The fraction of sp³-hybridized carbons (Fsp3) is 0.214. The Morgan fingerprint density at radius 1 is 1.35 bits per heavy atom. The lowest BCUT2D eigenvalue weighted by atomic mass is 10.0. The third-order valence-corrected chi connectivity index (χ3v) is 2.47. The molecule has 0 unspecified atom stereocenters. The minimum atomic E-state index is -0.0340. The summed E-state index contributed by atoms with van der Waals surface area (Å²) in [5.41, 5.74) is 2.38. The van der Waals surface area contributed by atoms with Crippen molar-refractivity contribution in [3.8, 4) is 5.75 Å². The number of carbonyl (C=O) groups excluding carboxylic acids is 1. The van der Waals surface area contributed by atoms with E-state index >= 15 is 0 Å². The molecule has 1 amide bonds. The van der Waals surface area contributed by atoms with E-state index in [1.54, 1.807) is 38.3 Å². The molecule has 1 aromatic carbocycles. The summed E-state index contributed by atoms with van der Waals surface area (Å²) in [7, 11) is 1.60. The quantitative estimate of drug-likeness (QED) is 0.844. The number of nitrogens with one attached hydrogen (secondary N) is 1. The molecule has 0 fully saturated rings. The van der Waals surface area contributed by atoms with E-state index in [4.69, 9.17) is 4.74 Å². The first-order valence-electron chi connectivity index (χ1n) is 5.43. The molecule has 90 valence electrons. The molecule has 0 saturated carbocycles. The third-order valence-electron chi connectivity index (χ3n) is 2.47. The SMILES string of the molecule is C=Cc1c(NC(=O)CC)ccc(OC)c1C=C. The van der Waals surface area contributed by atoms with Crippen LogP contribution in [0.25, 0.3) is 12.2 Å². The Labute approximate surface area is 102 Å². The molecule has 0 aliphatic heterocycles. The van der Waals surface area contributed by atoms with Crippen LogP contribution in [0.5, 0.6) is 5.75 Å². The first-order valence-corrected chi connectivity index (χ1v) is 5.43. The number of hydrogen-bond acceptors (Lipinski definition) is 2. The van der Waals surface area contributed by atoms with Crippen LogP contribution in [0, 0.1) is 0 Å². The van der Waals surface area contributed by atoms with Gasteiger partial charge in [-0.2, -0.15) is 0 Å². The number of anilines is 1. The fourth-order valence-corrected chi connectivity index (χ4v) is 1.57. The molecule has 3 heteroatoms. The number of benzene rings is 1. The van der Waals surface area contributed by atoms with Crippen molar-refractivity contribution in [3.05, 3.63) is 36.4 Å². The molecular weight excluding hydrogens is 214 g/mol. The summed E-state index contributed by atoms with van der Waals surface area (Å²) in [6.45, 7) is 9.31. The highest BCUT2D eigenvalue weighted by Crippen LogP contribution is 2.30. The van der Waals surface area contributed by atoms with Crippen molar-refractivity contribution >= 4 is 23.7 Å². The van der Waals surface area contributed by atoms with E-state index in [-0.39, 0.29) is 5.91 Å². The van der Waals surface area contributed by atoms with Gasteiger partial charge in [0.1, 0.15) is 5.75 Å². The van der Waals surface area contributed by atoms with Gasteiger partial charge in [-0.25, -0.2) is 0 Å². The van der Waals surface area contributed by atoms with Gasteiger partial charge in [0.05, 0.1) is 7.11 Å². The molecule has 0 aliphatic carbocycles. The second-order valence-corrected chi connectivity index (χ2v) is 3.45. The van der Waals surface area contributed by atoms with Gasteiger partial charge < -0.3 is 10.1 Å². The fourth-order valence-electron chi connectivity index (χ4n) is 1.57. The normalized spacial score (nSPS) is 9.53. The summed E-state index contributed by atoms with van der Waals surface area (Å²) in [6.07, 6.45) is 3.81. The highest BCUT2D eigenvalue weighted by atomic mass is 16.5. The zero-order chi connectivity index (χ0) is 12.8. The van der Waals surface area contributed by atoms with Crippen LogP contribution in [0.4, 0.5) is 5.69 Å². The highest BCUT2D eigenvalue weighted by molar-refractivity contribution is 5.94. The summed E-state index contributed by atoms with van der Waals surface area (Å²) >= 11 is 0. The third kappa shape index (κ3) is 2.75.